The average molecular weight is 546 g/mol. The second kappa shape index (κ2) is 10.8. The summed E-state index contributed by atoms with van der Waals surface area (Å²) in [5, 5.41) is 11.2. The van der Waals surface area contributed by atoms with E-state index in [1.807, 2.05) is 34.9 Å². The molecule has 5 rings (SSSR count). The zero-order valence-electron chi connectivity index (χ0n) is 23.3. The molecule has 0 unspecified atom stereocenters. The third-order valence-corrected chi connectivity index (χ3v) is 7.33. The van der Waals surface area contributed by atoms with Crippen LogP contribution >= 0.6 is 0 Å². The lowest BCUT2D eigenvalue weighted by Crippen LogP contribution is -2.13. The minimum absolute atomic E-state index is 0.0574. The maximum Gasteiger partial charge on any atom is 0.167 e. The van der Waals surface area contributed by atoms with E-state index in [0.717, 1.165) is 34.2 Å². The van der Waals surface area contributed by atoms with Crippen LogP contribution in [0.3, 0.4) is 0 Å². The minimum Gasteiger partial charge on any atom is -0.507 e. The van der Waals surface area contributed by atoms with Crippen LogP contribution in [0, 0.1) is 0 Å². The summed E-state index contributed by atoms with van der Waals surface area (Å²) in [6.07, 6.45) is 1.49. The number of fused-ring (bicyclic) bond motifs is 3. The van der Waals surface area contributed by atoms with Gasteiger partial charge in [0, 0.05) is 34.9 Å². The first kappa shape index (κ1) is 26.8. The molecule has 0 fully saturated rings. The molecule has 1 N–H and O–H groups in total. The Kier molecular flexibility index (Phi) is 7.21. The molecule has 0 saturated heterocycles. The first-order valence-electron chi connectivity index (χ1n) is 12.6. The van der Waals surface area contributed by atoms with E-state index in [1.165, 1.54) is 20.3 Å². The molecule has 1 aromatic heterocycles. The highest BCUT2D eigenvalue weighted by molar-refractivity contribution is 6.04. The Balaban J connectivity index is 1.93. The van der Waals surface area contributed by atoms with Crippen molar-refractivity contribution in [3.63, 3.8) is 0 Å². The van der Waals surface area contributed by atoms with Gasteiger partial charge in [-0.2, -0.15) is 0 Å². The molecular formula is C31H31NO8. The number of carbonyl (C=O) groups excluding carboxylic acids is 1. The molecule has 1 aliphatic heterocycles. The molecule has 1 aliphatic rings. The number of aromatic nitrogens is 1. The predicted molar refractivity (Wildman–Crippen MR) is 151 cm³/mol. The van der Waals surface area contributed by atoms with Crippen molar-refractivity contribution >= 4 is 6.29 Å². The minimum atomic E-state index is -0.0574. The number of ether oxygens (including phenoxy) is 6. The zero-order valence-corrected chi connectivity index (χ0v) is 23.3. The molecule has 4 aromatic rings. The van der Waals surface area contributed by atoms with Crippen molar-refractivity contribution in [1.82, 2.24) is 4.57 Å². The topological polar surface area (TPSA) is 97.6 Å². The molecule has 9 nitrogen and oxygen atoms in total. The Morgan fingerprint density at radius 2 is 1.23 bits per heavy atom. The van der Waals surface area contributed by atoms with Gasteiger partial charge >= 0.3 is 0 Å². The lowest BCUT2D eigenvalue weighted by molar-refractivity contribution is 0.111. The van der Waals surface area contributed by atoms with Gasteiger partial charge in [-0.25, -0.2) is 0 Å². The van der Waals surface area contributed by atoms with Crippen LogP contribution in [-0.2, 0) is 13.0 Å². The van der Waals surface area contributed by atoms with Gasteiger partial charge in [0.1, 0.15) is 5.75 Å². The lowest BCUT2D eigenvalue weighted by atomic mass is 9.89. The Morgan fingerprint density at radius 3 is 1.82 bits per heavy atom. The number of methoxy groups -OCH3 is 6. The summed E-state index contributed by atoms with van der Waals surface area (Å²) in [5.41, 5.74) is 5.64. The largest absolute Gasteiger partial charge is 0.507 e. The van der Waals surface area contributed by atoms with Crippen molar-refractivity contribution in [2.45, 2.75) is 13.0 Å². The zero-order chi connectivity index (χ0) is 28.6. The molecule has 0 atom stereocenters. The molecule has 2 heterocycles. The summed E-state index contributed by atoms with van der Waals surface area (Å²) in [6, 6.07) is 12.6. The quantitative estimate of drug-likeness (QED) is 0.271. The fraction of sp³-hybridized carbons (Fsp3) is 0.258. The molecule has 40 heavy (non-hydrogen) atoms. The smallest absolute Gasteiger partial charge is 0.167 e. The molecule has 3 aromatic carbocycles. The number of phenolic OH excluding ortho intramolecular Hbond substituents is 1. The number of carbonyl (C=O) groups is 1. The summed E-state index contributed by atoms with van der Waals surface area (Å²) >= 11 is 0. The van der Waals surface area contributed by atoms with Gasteiger partial charge in [0.05, 0.1) is 54.0 Å². The Morgan fingerprint density at radius 1 is 0.675 bits per heavy atom. The predicted octanol–water partition coefficient (Wildman–Crippen LogP) is 5.61. The van der Waals surface area contributed by atoms with Crippen LogP contribution in [0.25, 0.3) is 33.5 Å². The monoisotopic (exact) mass is 545 g/mol. The van der Waals surface area contributed by atoms with Crippen molar-refractivity contribution in [1.29, 1.82) is 0 Å². The highest BCUT2D eigenvalue weighted by atomic mass is 16.5. The van der Waals surface area contributed by atoms with Gasteiger partial charge in [-0.05, 0) is 47.9 Å². The van der Waals surface area contributed by atoms with Gasteiger partial charge in [0.25, 0.3) is 0 Å². The molecule has 0 saturated carbocycles. The van der Waals surface area contributed by atoms with E-state index in [4.69, 9.17) is 28.4 Å². The highest BCUT2D eigenvalue weighted by Gasteiger charge is 2.32. The SMILES string of the molecule is COc1ccc(-c2c(-c3cc(OC)c(OC)cc3O)c(C=O)n3c2-c2cc(OC)c(OC)cc2CC3)cc1OC. The maximum absolute atomic E-state index is 12.8. The van der Waals surface area contributed by atoms with Crippen LogP contribution < -0.4 is 28.4 Å². The van der Waals surface area contributed by atoms with Crippen LogP contribution in [0.4, 0.5) is 0 Å². The number of aromatic hydroxyl groups is 1. The van der Waals surface area contributed by atoms with Gasteiger partial charge in [-0.15, -0.1) is 0 Å². The lowest BCUT2D eigenvalue weighted by Gasteiger charge is -2.23. The second-order valence-corrected chi connectivity index (χ2v) is 9.16. The van der Waals surface area contributed by atoms with Crippen molar-refractivity contribution in [2.24, 2.45) is 0 Å². The molecule has 0 bridgehead atoms. The van der Waals surface area contributed by atoms with Gasteiger partial charge < -0.3 is 38.1 Å². The van der Waals surface area contributed by atoms with Crippen LogP contribution in [0.1, 0.15) is 16.1 Å². The van der Waals surface area contributed by atoms with E-state index in [1.54, 1.807) is 34.5 Å². The number of phenols is 1. The normalized spacial score (nSPS) is 11.8. The number of rotatable bonds is 9. The summed E-state index contributed by atoms with van der Waals surface area (Å²) < 4.78 is 35.2. The number of aldehydes is 1. The summed E-state index contributed by atoms with van der Waals surface area (Å²) in [4.78, 5) is 12.8. The van der Waals surface area contributed by atoms with Crippen LogP contribution in [0.15, 0.2) is 42.5 Å². The van der Waals surface area contributed by atoms with E-state index in [-0.39, 0.29) is 5.75 Å². The first-order chi connectivity index (χ1) is 19.4. The molecule has 0 spiro atoms. The molecule has 9 heteroatoms. The number of nitrogens with zero attached hydrogens (tertiary/aromatic N) is 1. The fourth-order valence-corrected chi connectivity index (χ4v) is 5.47. The van der Waals surface area contributed by atoms with Crippen molar-refractivity contribution in [2.75, 3.05) is 42.7 Å². The van der Waals surface area contributed by atoms with Crippen LogP contribution in [0.2, 0.25) is 0 Å². The van der Waals surface area contributed by atoms with Crippen LogP contribution in [0.5, 0.6) is 40.2 Å². The Labute approximate surface area is 232 Å². The summed E-state index contributed by atoms with van der Waals surface area (Å²) in [7, 11) is 9.36. The molecular weight excluding hydrogens is 514 g/mol. The van der Waals surface area contributed by atoms with E-state index in [9.17, 15) is 9.90 Å². The van der Waals surface area contributed by atoms with E-state index in [2.05, 4.69) is 0 Å². The number of hydrogen-bond donors (Lipinski definition) is 1. The second-order valence-electron chi connectivity index (χ2n) is 9.16. The molecule has 0 radical (unpaired) electrons. The number of benzene rings is 3. The van der Waals surface area contributed by atoms with Crippen molar-refractivity contribution in [3.8, 4) is 73.8 Å². The van der Waals surface area contributed by atoms with E-state index in [0.29, 0.717) is 64.3 Å². The third-order valence-electron chi connectivity index (χ3n) is 7.33. The van der Waals surface area contributed by atoms with Gasteiger partial charge in [-0.3, -0.25) is 4.79 Å². The van der Waals surface area contributed by atoms with Crippen molar-refractivity contribution < 1.29 is 38.3 Å². The van der Waals surface area contributed by atoms with Crippen LogP contribution in [-0.4, -0.2) is 58.6 Å². The maximum atomic E-state index is 12.8. The Hall–Kier alpha value is -4.79. The molecule has 0 amide bonds. The van der Waals surface area contributed by atoms with Gasteiger partial charge in [0.15, 0.2) is 40.8 Å². The first-order valence-corrected chi connectivity index (χ1v) is 12.6. The Bertz CT molecular complexity index is 1600. The number of hydrogen-bond acceptors (Lipinski definition) is 8. The van der Waals surface area contributed by atoms with Crippen molar-refractivity contribution in [3.05, 3.63) is 53.7 Å². The summed E-state index contributed by atoms with van der Waals surface area (Å²) in [6.45, 7) is 0.542. The highest BCUT2D eigenvalue weighted by Crippen LogP contribution is 2.52. The summed E-state index contributed by atoms with van der Waals surface area (Å²) in [5.74, 6) is 3.02. The van der Waals surface area contributed by atoms with Gasteiger partial charge in [0.2, 0.25) is 0 Å². The molecule has 208 valence electrons. The fourth-order valence-electron chi connectivity index (χ4n) is 5.47. The average Bonchev–Trinajstić information content (AvgIpc) is 3.33. The van der Waals surface area contributed by atoms with E-state index >= 15 is 0 Å². The standard InChI is InChI=1S/C31H31NO8/c1-35-23-8-7-18(12-24(23)36-2)29-30(20-14-27(39-5)28(40-6)15-22(20)34)21(16-33)32-10-9-17-11-25(37-3)26(38-4)13-19(17)31(29)32/h7-8,11-16,34H,9-10H2,1-6H3. The third kappa shape index (κ3) is 4.14. The van der Waals surface area contributed by atoms with Gasteiger partial charge in [-0.1, -0.05) is 6.07 Å². The molecule has 0 aliphatic carbocycles. The van der Waals surface area contributed by atoms with E-state index < -0.39 is 0 Å². The number of aryl methyl sites for hydroxylation is 1.